The van der Waals surface area contributed by atoms with Crippen LogP contribution in [0.15, 0.2) is 76.5 Å². The Bertz CT molecular complexity index is 1150. The number of ether oxygens (including phenoxy) is 2. The van der Waals surface area contributed by atoms with Gasteiger partial charge < -0.3 is 13.9 Å². The monoisotopic (exact) mass is 446 g/mol. The third kappa shape index (κ3) is 7.50. The van der Waals surface area contributed by atoms with E-state index in [1.165, 1.54) is 24.6 Å². The van der Waals surface area contributed by atoms with E-state index in [0.717, 1.165) is 11.1 Å². The molecule has 0 aliphatic heterocycles. The summed E-state index contributed by atoms with van der Waals surface area (Å²) in [5, 5.41) is 3.95. The number of hydrazone groups is 1. The molecule has 1 heterocycles. The van der Waals surface area contributed by atoms with Crippen molar-refractivity contribution in [3.63, 3.8) is 0 Å². The van der Waals surface area contributed by atoms with E-state index in [1.807, 2.05) is 25.1 Å². The summed E-state index contributed by atoms with van der Waals surface area (Å²) in [5.41, 5.74) is 5.19. The highest BCUT2D eigenvalue weighted by molar-refractivity contribution is 5.89. The minimum Gasteiger partial charge on any atom is -0.483 e. The van der Waals surface area contributed by atoms with Crippen LogP contribution in [0.1, 0.15) is 42.2 Å². The molecule has 0 unspecified atom stereocenters. The highest BCUT2D eigenvalue weighted by Gasteiger charge is 2.10. The van der Waals surface area contributed by atoms with Crippen LogP contribution >= 0.6 is 0 Å². The highest BCUT2D eigenvalue weighted by atomic mass is 16.5. The summed E-state index contributed by atoms with van der Waals surface area (Å²) in [7, 11) is 0. The number of benzene rings is 2. The first-order valence-electron chi connectivity index (χ1n) is 10.5. The first-order valence-corrected chi connectivity index (χ1v) is 10.5. The van der Waals surface area contributed by atoms with Crippen molar-refractivity contribution in [3.05, 3.63) is 89.4 Å². The summed E-state index contributed by atoms with van der Waals surface area (Å²) in [4.78, 5) is 24.1. The topological polar surface area (TPSA) is 90.1 Å². The Morgan fingerprint density at radius 3 is 2.73 bits per heavy atom. The van der Waals surface area contributed by atoms with Gasteiger partial charge in [0, 0.05) is 6.08 Å². The Morgan fingerprint density at radius 1 is 1.12 bits per heavy atom. The van der Waals surface area contributed by atoms with Gasteiger partial charge in [-0.2, -0.15) is 5.10 Å². The SMILES string of the molecule is Cc1ccc(C(C)C)c(OCC(=O)NN=Cc2cccc(OC(=O)C=Cc3ccco3)c2)c1. The second kappa shape index (κ2) is 11.5. The number of hydrogen-bond acceptors (Lipinski definition) is 6. The normalized spacial score (nSPS) is 11.3. The van der Waals surface area contributed by atoms with Gasteiger partial charge in [-0.25, -0.2) is 10.2 Å². The third-order valence-electron chi connectivity index (χ3n) is 4.56. The smallest absolute Gasteiger partial charge is 0.336 e. The molecule has 2 aromatic carbocycles. The molecule has 3 rings (SSSR count). The summed E-state index contributed by atoms with van der Waals surface area (Å²) in [5.74, 6) is 0.957. The molecular formula is C26H26N2O5. The second-order valence-electron chi connectivity index (χ2n) is 7.62. The number of carbonyl (C=O) groups is 2. The molecule has 7 nitrogen and oxygen atoms in total. The average Bonchev–Trinajstić information content (AvgIpc) is 3.30. The van der Waals surface area contributed by atoms with Crippen molar-refractivity contribution in [2.75, 3.05) is 6.61 Å². The number of rotatable bonds is 9. The summed E-state index contributed by atoms with van der Waals surface area (Å²) in [6.45, 7) is 5.97. The molecular weight excluding hydrogens is 420 g/mol. The van der Waals surface area contributed by atoms with Crippen LogP contribution in [0, 0.1) is 6.92 Å². The Labute approximate surface area is 192 Å². The zero-order valence-corrected chi connectivity index (χ0v) is 18.8. The lowest BCUT2D eigenvalue weighted by Gasteiger charge is -2.14. The first-order chi connectivity index (χ1) is 15.9. The van der Waals surface area contributed by atoms with Gasteiger partial charge in [-0.15, -0.1) is 0 Å². The first kappa shape index (κ1) is 23.5. The summed E-state index contributed by atoms with van der Waals surface area (Å²) in [6.07, 6.45) is 5.77. The van der Waals surface area contributed by atoms with Crippen molar-refractivity contribution < 1.29 is 23.5 Å². The number of furan rings is 1. The fourth-order valence-electron chi connectivity index (χ4n) is 2.94. The standard InChI is InChI=1S/C26H26N2O5/c1-18(2)23-11-9-19(3)14-24(23)32-17-25(29)28-27-16-20-6-4-7-22(15-20)33-26(30)12-10-21-8-5-13-31-21/h4-16,18H,17H2,1-3H3,(H,28,29). The van der Waals surface area contributed by atoms with E-state index in [9.17, 15) is 9.59 Å². The minimum absolute atomic E-state index is 0.153. The van der Waals surface area contributed by atoms with Gasteiger partial charge in [0.1, 0.15) is 17.3 Å². The lowest BCUT2D eigenvalue weighted by atomic mass is 10.0. The maximum Gasteiger partial charge on any atom is 0.336 e. The van der Waals surface area contributed by atoms with Crippen molar-refractivity contribution in [3.8, 4) is 11.5 Å². The Balaban J connectivity index is 1.50. The maximum atomic E-state index is 12.1. The quantitative estimate of drug-likeness (QED) is 0.167. The van der Waals surface area contributed by atoms with Crippen LogP contribution in [0.3, 0.4) is 0 Å². The lowest BCUT2D eigenvalue weighted by Crippen LogP contribution is -2.25. The van der Waals surface area contributed by atoms with Gasteiger partial charge in [-0.05, 0) is 65.9 Å². The zero-order valence-electron chi connectivity index (χ0n) is 18.8. The molecule has 0 bridgehead atoms. The molecule has 170 valence electrons. The zero-order chi connectivity index (χ0) is 23.6. The van der Waals surface area contributed by atoms with Crippen molar-refractivity contribution in [2.24, 2.45) is 5.10 Å². The number of esters is 1. The lowest BCUT2D eigenvalue weighted by molar-refractivity contribution is -0.129. The van der Waals surface area contributed by atoms with Crippen LogP contribution < -0.4 is 14.9 Å². The van der Waals surface area contributed by atoms with Gasteiger partial charge in [0.2, 0.25) is 0 Å². The van der Waals surface area contributed by atoms with E-state index in [-0.39, 0.29) is 18.4 Å². The van der Waals surface area contributed by atoms with Gasteiger partial charge in [0.25, 0.3) is 5.91 Å². The van der Waals surface area contributed by atoms with Gasteiger partial charge in [0.15, 0.2) is 6.61 Å². The molecule has 1 aromatic heterocycles. The predicted octanol–water partition coefficient (Wildman–Crippen LogP) is 4.86. The summed E-state index contributed by atoms with van der Waals surface area (Å²) in [6, 6.07) is 16.2. The average molecular weight is 447 g/mol. The predicted molar refractivity (Wildman–Crippen MR) is 126 cm³/mol. The molecule has 1 amide bonds. The molecule has 0 atom stereocenters. The number of nitrogens with one attached hydrogen (secondary N) is 1. The van der Waals surface area contributed by atoms with Crippen LogP contribution in [0.5, 0.6) is 11.5 Å². The van der Waals surface area contributed by atoms with Gasteiger partial charge in [-0.3, -0.25) is 4.79 Å². The van der Waals surface area contributed by atoms with Crippen LogP contribution in [-0.2, 0) is 9.59 Å². The summed E-state index contributed by atoms with van der Waals surface area (Å²) >= 11 is 0. The second-order valence-corrected chi connectivity index (χ2v) is 7.62. The minimum atomic E-state index is -0.539. The number of hydrogen-bond donors (Lipinski definition) is 1. The van der Waals surface area contributed by atoms with E-state index in [1.54, 1.807) is 36.4 Å². The van der Waals surface area contributed by atoms with Crippen LogP contribution in [0.4, 0.5) is 0 Å². The van der Waals surface area contributed by atoms with Gasteiger partial charge >= 0.3 is 5.97 Å². The molecule has 0 saturated carbocycles. The molecule has 33 heavy (non-hydrogen) atoms. The molecule has 1 N–H and O–H groups in total. The van der Waals surface area contributed by atoms with Crippen molar-refractivity contribution in [1.82, 2.24) is 5.43 Å². The fraction of sp³-hybridized carbons (Fsp3) is 0.192. The molecule has 7 heteroatoms. The van der Waals surface area contributed by atoms with Crippen LogP contribution in [-0.4, -0.2) is 24.7 Å². The molecule has 0 aliphatic rings. The van der Waals surface area contributed by atoms with E-state index < -0.39 is 5.97 Å². The number of carbonyl (C=O) groups excluding carboxylic acids is 2. The number of amides is 1. The highest BCUT2D eigenvalue weighted by Crippen LogP contribution is 2.27. The Morgan fingerprint density at radius 2 is 1.97 bits per heavy atom. The molecule has 0 radical (unpaired) electrons. The van der Waals surface area contributed by atoms with Crippen LogP contribution in [0.25, 0.3) is 6.08 Å². The molecule has 0 fully saturated rings. The van der Waals surface area contributed by atoms with E-state index in [4.69, 9.17) is 13.9 Å². The molecule has 0 spiro atoms. The largest absolute Gasteiger partial charge is 0.483 e. The maximum absolute atomic E-state index is 12.1. The molecule has 3 aromatic rings. The van der Waals surface area contributed by atoms with Crippen molar-refractivity contribution >= 4 is 24.2 Å². The molecule has 0 saturated heterocycles. The van der Waals surface area contributed by atoms with Gasteiger partial charge in [0.05, 0.1) is 12.5 Å². The fourth-order valence-corrected chi connectivity index (χ4v) is 2.94. The van der Waals surface area contributed by atoms with E-state index >= 15 is 0 Å². The molecule has 0 aliphatic carbocycles. The van der Waals surface area contributed by atoms with Crippen LogP contribution in [0.2, 0.25) is 0 Å². The Kier molecular flexibility index (Phi) is 8.18. The van der Waals surface area contributed by atoms with Gasteiger partial charge in [-0.1, -0.05) is 38.1 Å². The number of aryl methyl sites for hydroxylation is 1. The number of nitrogens with zero attached hydrogens (tertiary/aromatic N) is 1. The Hall–Kier alpha value is -4.13. The van der Waals surface area contributed by atoms with E-state index in [2.05, 4.69) is 24.4 Å². The summed E-state index contributed by atoms with van der Waals surface area (Å²) < 4.78 is 16.1. The van der Waals surface area contributed by atoms with Crippen molar-refractivity contribution in [1.29, 1.82) is 0 Å². The van der Waals surface area contributed by atoms with Crippen molar-refractivity contribution in [2.45, 2.75) is 26.7 Å². The third-order valence-corrected chi connectivity index (χ3v) is 4.56. The van der Waals surface area contributed by atoms with E-state index in [0.29, 0.717) is 22.8 Å².